The number of carbonyl (C=O) groups is 2. The number of amides is 2. The molecule has 1 N–H and O–H groups in total. The number of hydrogen-bond acceptors (Lipinski definition) is 4. The van der Waals surface area contributed by atoms with E-state index in [-0.39, 0.29) is 23.8 Å². The molecule has 0 saturated heterocycles. The first kappa shape index (κ1) is 33.9. The minimum atomic E-state index is -4.15. The molecular weight excluding hydrogens is 650 g/mol. The molecule has 0 bridgehead atoms. The summed E-state index contributed by atoms with van der Waals surface area (Å²) in [7, 11) is -4.15. The predicted molar refractivity (Wildman–Crippen MR) is 183 cm³/mol. The Bertz CT molecular complexity index is 1680. The number of halogens is 1. The van der Waals surface area contributed by atoms with Crippen molar-refractivity contribution in [3.8, 4) is 0 Å². The van der Waals surface area contributed by atoms with E-state index in [4.69, 9.17) is 0 Å². The average molecular weight is 691 g/mol. The van der Waals surface area contributed by atoms with Gasteiger partial charge in [0.1, 0.15) is 12.6 Å². The highest BCUT2D eigenvalue weighted by atomic mass is 79.9. The molecular formula is C36H40BrN3O4S. The predicted octanol–water partition coefficient (Wildman–Crippen LogP) is 6.68. The minimum Gasteiger partial charge on any atom is -0.354 e. The van der Waals surface area contributed by atoms with E-state index in [0.29, 0.717) is 18.7 Å². The van der Waals surface area contributed by atoms with E-state index in [1.807, 2.05) is 87.5 Å². The second-order valence-corrected chi connectivity index (χ2v) is 13.7. The van der Waals surface area contributed by atoms with Gasteiger partial charge in [-0.1, -0.05) is 108 Å². The maximum Gasteiger partial charge on any atom is 0.264 e. The van der Waals surface area contributed by atoms with Gasteiger partial charge in [0.25, 0.3) is 10.0 Å². The molecule has 0 heterocycles. The van der Waals surface area contributed by atoms with E-state index in [0.717, 1.165) is 33.1 Å². The van der Waals surface area contributed by atoms with Crippen LogP contribution in [0.1, 0.15) is 42.5 Å². The molecule has 0 aliphatic rings. The molecule has 4 rings (SSSR count). The summed E-state index contributed by atoms with van der Waals surface area (Å²) in [5.41, 5.74) is 3.86. The smallest absolute Gasteiger partial charge is 0.264 e. The van der Waals surface area contributed by atoms with E-state index in [1.54, 1.807) is 36.4 Å². The van der Waals surface area contributed by atoms with Crippen LogP contribution in [0, 0.1) is 6.92 Å². The van der Waals surface area contributed by atoms with E-state index in [9.17, 15) is 18.0 Å². The highest BCUT2D eigenvalue weighted by Gasteiger charge is 2.35. The Hall–Kier alpha value is -3.95. The summed E-state index contributed by atoms with van der Waals surface area (Å²) in [5.74, 6) is -0.764. The Labute approximate surface area is 275 Å². The zero-order chi connectivity index (χ0) is 32.4. The van der Waals surface area contributed by atoms with Crippen LogP contribution in [0.4, 0.5) is 5.69 Å². The van der Waals surface area contributed by atoms with Gasteiger partial charge in [0, 0.05) is 24.0 Å². The summed E-state index contributed by atoms with van der Waals surface area (Å²) in [5, 5.41) is 2.98. The molecule has 2 amide bonds. The topological polar surface area (TPSA) is 86.8 Å². The van der Waals surface area contributed by atoms with Gasteiger partial charge in [-0.15, -0.1) is 0 Å². The standard InChI is InChI=1S/C36H40BrN3O4S/c1-4-23-38-36(42)34(24-28-11-7-6-8-12-28)39(25-29-17-19-31(37)20-18-29)35(41)26-40(33-14-10-9-13-30(33)5-2)45(43,44)32-21-15-27(3)16-22-32/h6-22,34H,4-5,23-26H2,1-3H3,(H,38,42)/t34-/m0/s1. The lowest BCUT2D eigenvalue weighted by atomic mass is 10.0. The molecule has 0 fully saturated rings. The Balaban J connectivity index is 1.82. The van der Waals surface area contributed by atoms with Crippen molar-refractivity contribution in [1.29, 1.82) is 0 Å². The fourth-order valence-electron chi connectivity index (χ4n) is 5.11. The molecule has 7 nitrogen and oxygen atoms in total. The number of carbonyl (C=O) groups excluding carboxylic acids is 2. The normalized spacial score (nSPS) is 11.9. The Kier molecular flexibility index (Phi) is 12.0. The lowest BCUT2D eigenvalue weighted by Gasteiger charge is -2.34. The monoisotopic (exact) mass is 689 g/mol. The van der Waals surface area contributed by atoms with Crippen molar-refractivity contribution in [3.63, 3.8) is 0 Å². The van der Waals surface area contributed by atoms with E-state index in [2.05, 4.69) is 21.2 Å². The average Bonchev–Trinajstić information content (AvgIpc) is 3.05. The molecule has 0 unspecified atom stereocenters. The number of anilines is 1. The van der Waals surface area contributed by atoms with E-state index >= 15 is 0 Å². The fourth-order valence-corrected chi connectivity index (χ4v) is 6.83. The maximum atomic E-state index is 14.6. The Morgan fingerprint density at radius 1 is 0.822 bits per heavy atom. The van der Waals surface area contributed by atoms with Crippen LogP contribution in [0.3, 0.4) is 0 Å². The van der Waals surface area contributed by atoms with Gasteiger partial charge in [0.05, 0.1) is 10.6 Å². The maximum absolute atomic E-state index is 14.6. The van der Waals surface area contributed by atoms with Crippen LogP contribution < -0.4 is 9.62 Å². The van der Waals surface area contributed by atoms with Gasteiger partial charge in [0.2, 0.25) is 11.8 Å². The van der Waals surface area contributed by atoms with Gasteiger partial charge < -0.3 is 10.2 Å². The molecule has 9 heteroatoms. The summed E-state index contributed by atoms with van der Waals surface area (Å²) in [6.45, 7) is 5.91. The summed E-state index contributed by atoms with van der Waals surface area (Å²) >= 11 is 3.47. The lowest BCUT2D eigenvalue weighted by Crippen LogP contribution is -2.53. The summed E-state index contributed by atoms with van der Waals surface area (Å²) in [6.07, 6.45) is 1.58. The Morgan fingerprint density at radius 2 is 1.47 bits per heavy atom. The zero-order valence-corrected chi connectivity index (χ0v) is 28.4. The highest BCUT2D eigenvalue weighted by Crippen LogP contribution is 2.29. The fraction of sp³-hybridized carbons (Fsp3) is 0.278. The van der Waals surface area contributed by atoms with Crippen molar-refractivity contribution in [3.05, 3.63) is 130 Å². The van der Waals surface area contributed by atoms with Gasteiger partial charge in [-0.3, -0.25) is 13.9 Å². The van der Waals surface area contributed by atoms with Crippen molar-refractivity contribution in [2.75, 3.05) is 17.4 Å². The van der Waals surface area contributed by atoms with E-state index in [1.165, 1.54) is 9.21 Å². The molecule has 236 valence electrons. The van der Waals surface area contributed by atoms with Gasteiger partial charge in [0.15, 0.2) is 0 Å². The van der Waals surface area contributed by atoms with Gasteiger partial charge in [-0.25, -0.2) is 8.42 Å². The molecule has 0 aliphatic heterocycles. The van der Waals surface area contributed by atoms with Gasteiger partial charge >= 0.3 is 0 Å². The van der Waals surface area contributed by atoms with Crippen LogP contribution in [0.25, 0.3) is 0 Å². The lowest BCUT2D eigenvalue weighted by molar-refractivity contribution is -0.140. The molecule has 1 atom stereocenters. The van der Waals surface area contributed by atoms with Gasteiger partial charge in [-0.2, -0.15) is 0 Å². The second kappa shape index (κ2) is 15.9. The summed E-state index contributed by atoms with van der Waals surface area (Å²) < 4.78 is 30.6. The van der Waals surface area contributed by atoms with Gasteiger partial charge in [-0.05, 0) is 66.8 Å². The van der Waals surface area contributed by atoms with Crippen molar-refractivity contribution in [2.24, 2.45) is 0 Å². The zero-order valence-electron chi connectivity index (χ0n) is 25.9. The third kappa shape index (κ3) is 8.83. The van der Waals surface area contributed by atoms with Crippen LogP contribution in [0.2, 0.25) is 0 Å². The quantitative estimate of drug-likeness (QED) is 0.160. The molecule has 0 radical (unpaired) electrons. The van der Waals surface area contributed by atoms with Crippen molar-refractivity contribution < 1.29 is 18.0 Å². The van der Waals surface area contributed by atoms with Crippen molar-refractivity contribution in [1.82, 2.24) is 10.2 Å². The number of nitrogens with one attached hydrogen (secondary N) is 1. The SMILES string of the molecule is CCCNC(=O)[C@H](Cc1ccccc1)N(Cc1ccc(Br)cc1)C(=O)CN(c1ccccc1CC)S(=O)(=O)c1ccc(C)cc1. The number of benzene rings is 4. The first-order valence-corrected chi connectivity index (χ1v) is 17.4. The largest absolute Gasteiger partial charge is 0.354 e. The molecule has 4 aromatic rings. The number of aryl methyl sites for hydroxylation is 2. The molecule has 45 heavy (non-hydrogen) atoms. The first-order chi connectivity index (χ1) is 21.6. The summed E-state index contributed by atoms with van der Waals surface area (Å²) in [6, 6.07) is 30.0. The van der Waals surface area contributed by atoms with Crippen LogP contribution in [-0.4, -0.2) is 44.3 Å². The minimum absolute atomic E-state index is 0.0905. The van der Waals surface area contributed by atoms with Crippen LogP contribution in [0.5, 0.6) is 0 Å². The Morgan fingerprint density at radius 3 is 2.11 bits per heavy atom. The van der Waals surface area contributed by atoms with Crippen LogP contribution >= 0.6 is 15.9 Å². The second-order valence-electron chi connectivity index (χ2n) is 11.0. The number of para-hydroxylation sites is 1. The third-order valence-electron chi connectivity index (χ3n) is 7.62. The van der Waals surface area contributed by atoms with Crippen molar-refractivity contribution in [2.45, 2.75) is 57.5 Å². The van der Waals surface area contributed by atoms with Crippen molar-refractivity contribution >= 4 is 43.5 Å². The number of sulfonamides is 1. The third-order valence-corrected chi connectivity index (χ3v) is 9.92. The van der Waals surface area contributed by atoms with Crippen LogP contribution in [-0.2, 0) is 39.0 Å². The molecule has 0 aliphatic carbocycles. The highest BCUT2D eigenvalue weighted by molar-refractivity contribution is 9.10. The number of nitrogens with zero attached hydrogens (tertiary/aromatic N) is 2. The molecule has 0 spiro atoms. The first-order valence-electron chi connectivity index (χ1n) is 15.2. The van der Waals surface area contributed by atoms with Crippen LogP contribution in [0.15, 0.2) is 112 Å². The molecule has 4 aromatic carbocycles. The van der Waals surface area contributed by atoms with E-state index < -0.39 is 28.5 Å². The molecule has 0 aromatic heterocycles. The number of hydrogen-bond donors (Lipinski definition) is 1. The number of rotatable bonds is 14. The summed E-state index contributed by atoms with van der Waals surface area (Å²) in [4.78, 5) is 29.9. The molecule has 0 saturated carbocycles.